The molecular formula is C12H11Cl2N3. The van der Waals surface area contributed by atoms with Gasteiger partial charge < -0.3 is 5.73 Å². The Balaban J connectivity index is 2.26. The average Bonchev–Trinajstić information content (AvgIpc) is 2.56. The Morgan fingerprint density at radius 3 is 2.35 bits per heavy atom. The number of aryl methyl sites for hydroxylation is 1. The van der Waals surface area contributed by atoms with E-state index >= 15 is 0 Å². The van der Waals surface area contributed by atoms with E-state index in [1.54, 1.807) is 7.05 Å². The van der Waals surface area contributed by atoms with Gasteiger partial charge in [0.05, 0.1) is 0 Å². The fourth-order valence-corrected chi connectivity index (χ4v) is 1.74. The number of hydrogen-bond donors (Lipinski definition) is 1. The van der Waals surface area contributed by atoms with E-state index in [-0.39, 0.29) is 0 Å². The van der Waals surface area contributed by atoms with Crippen molar-refractivity contribution in [3.8, 4) is 0 Å². The highest BCUT2D eigenvalue weighted by molar-refractivity contribution is 6.42. The van der Waals surface area contributed by atoms with Gasteiger partial charge in [-0.3, -0.25) is 4.68 Å². The Hall–Kier alpha value is -1.45. The SMILES string of the molecule is Cn1nc(/C=C/c2ccc(N)cc2)c(Cl)c1Cl. The number of nitrogens with zero attached hydrogens (tertiary/aromatic N) is 2. The third-order valence-corrected chi connectivity index (χ3v) is 3.22. The topological polar surface area (TPSA) is 43.8 Å². The van der Waals surface area contributed by atoms with Crippen LogP contribution < -0.4 is 5.73 Å². The molecule has 3 nitrogen and oxygen atoms in total. The molecule has 0 radical (unpaired) electrons. The standard InChI is InChI=1S/C12H11Cl2N3/c1-17-12(14)11(13)10(16-17)7-4-8-2-5-9(15)6-3-8/h2-7H,15H2,1H3/b7-4+. The van der Waals surface area contributed by atoms with Gasteiger partial charge in [-0.2, -0.15) is 5.10 Å². The Kier molecular flexibility index (Phi) is 3.41. The zero-order valence-electron chi connectivity index (χ0n) is 9.19. The van der Waals surface area contributed by atoms with Crippen molar-refractivity contribution in [2.45, 2.75) is 0 Å². The van der Waals surface area contributed by atoms with Crippen molar-refractivity contribution in [1.82, 2.24) is 9.78 Å². The van der Waals surface area contributed by atoms with Gasteiger partial charge in [-0.15, -0.1) is 0 Å². The highest BCUT2D eigenvalue weighted by Crippen LogP contribution is 2.26. The van der Waals surface area contributed by atoms with Gasteiger partial charge in [-0.25, -0.2) is 0 Å². The van der Waals surface area contributed by atoms with E-state index in [0.717, 1.165) is 11.3 Å². The predicted molar refractivity (Wildman–Crippen MR) is 73.0 cm³/mol. The molecule has 2 rings (SSSR count). The molecule has 0 aliphatic heterocycles. The van der Waals surface area contributed by atoms with Crippen molar-refractivity contribution in [2.75, 3.05) is 5.73 Å². The minimum Gasteiger partial charge on any atom is -0.399 e. The minimum atomic E-state index is 0.434. The highest BCUT2D eigenvalue weighted by atomic mass is 35.5. The summed E-state index contributed by atoms with van der Waals surface area (Å²) in [5.41, 5.74) is 8.01. The Morgan fingerprint density at radius 1 is 1.18 bits per heavy atom. The molecule has 0 fully saturated rings. The minimum absolute atomic E-state index is 0.434. The highest BCUT2D eigenvalue weighted by Gasteiger charge is 2.09. The van der Waals surface area contributed by atoms with Crippen LogP contribution in [0.2, 0.25) is 10.2 Å². The van der Waals surface area contributed by atoms with Crippen LogP contribution in [-0.2, 0) is 7.05 Å². The van der Waals surface area contributed by atoms with Crippen molar-refractivity contribution in [1.29, 1.82) is 0 Å². The van der Waals surface area contributed by atoms with E-state index in [4.69, 9.17) is 28.9 Å². The second kappa shape index (κ2) is 4.82. The first-order valence-electron chi connectivity index (χ1n) is 4.99. The van der Waals surface area contributed by atoms with Gasteiger partial charge >= 0.3 is 0 Å². The molecule has 0 spiro atoms. The summed E-state index contributed by atoms with van der Waals surface area (Å²) in [4.78, 5) is 0. The normalized spacial score (nSPS) is 11.2. The van der Waals surface area contributed by atoms with Crippen LogP contribution in [-0.4, -0.2) is 9.78 Å². The van der Waals surface area contributed by atoms with E-state index in [2.05, 4.69) is 5.10 Å². The van der Waals surface area contributed by atoms with E-state index in [9.17, 15) is 0 Å². The molecule has 0 amide bonds. The molecule has 0 saturated carbocycles. The molecule has 0 bridgehead atoms. The Morgan fingerprint density at radius 2 is 1.82 bits per heavy atom. The van der Waals surface area contributed by atoms with Gasteiger partial charge in [0, 0.05) is 12.7 Å². The third-order valence-electron chi connectivity index (χ3n) is 2.32. The molecule has 0 aliphatic rings. The largest absolute Gasteiger partial charge is 0.399 e. The van der Waals surface area contributed by atoms with E-state index < -0.39 is 0 Å². The van der Waals surface area contributed by atoms with Crippen LogP contribution in [0.5, 0.6) is 0 Å². The molecule has 17 heavy (non-hydrogen) atoms. The molecule has 88 valence electrons. The smallest absolute Gasteiger partial charge is 0.146 e. The van der Waals surface area contributed by atoms with E-state index in [1.165, 1.54) is 4.68 Å². The molecule has 0 unspecified atom stereocenters. The first-order chi connectivity index (χ1) is 8.08. The van der Waals surface area contributed by atoms with Crippen molar-refractivity contribution in [2.24, 2.45) is 7.05 Å². The van der Waals surface area contributed by atoms with Crippen LogP contribution in [0, 0.1) is 0 Å². The maximum absolute atomic E-state index is 6.02. The maximum atomic E-state index is 6.02. The lowest BCUT2D eigenvalue weighted by Crippen LogP contribution is -1.89. The maximum Gasteiger partial charge on any atom is 0.146 e. The van der Waals surface area contributed by atoms with Crippen molar-refractivity contribution < 1.29 is 0 Å². The third kappa shape index (κ3) is 2.62. The van der Waals surface area contributed by atoms with Crippen LogP contribution in [0.3, 0.4) is 0 Å². The number of nitrogens with two attached hydrogens (primary N) is 1. The molecular weight excluding hydrogens is 257 g/mol. The molecule has 1 aromatic heterocycles. The van der Waals surface area contributed by atoms with Crippen LogP contribution >= 0.6 is 23.2 Å². The number of hydrogen-bond acceptors (Lipinski definition) is 2. The molecule has 2 N–H and O–H groups in total. The second-order valence-electron chi connectivity index (χ2n) is 3.61. The lowest BCUT2D eigenvalue weighted by molar-refractivity contribution is 0.765. The fourth-order valence-electron chi connectivity index (χ4n) is 1.39. The lowest BCUT2D eigenvalue weighted by Gasteiger charge is -1.94. The second-order valence-corrected chi connectivity index (χ2v) is 4.35. The van der Waals surface area contributed by atoms with Crippen LogP contribution in [0.4, 0.5) is 5.69 Å². The van der Waals surface area contributed by atoms with Crippen LogP contribution in [0.15, 0.2) is 24.3 Å². The number of nitrogen functional groups attached to an aromatic ring is 1. The summed E-state index contributed by atoms with van der Waals surface area (Å²) in [7, 11) is 1.74. The predicted octanol–water partition coefficient (Wildman–Crippen LogP) is 3.48. The Labute approximate surface area is 109 Å². The monoisotopic (exact) mass is 267 g/mol. The zero-order valence-corrected chi connectivity index (χ0v) is 10.7. The van der Waals surface area contributed by atoms with Gasteiger partial charge in [0.1, 0.15) is 15.9 Å². The quantitative estimate of drug-likeness (QED) is 0.847. The summed E-state index contributed by atoms with van der Waals surface area (Å²) in [6.07, 6.45) is 3.73. The fraction of sp³-hybridized carbons (Fsp3) is 0.0833. The molecule has 1 heterocycles. The van der Waals surface area contributed by atoms with Crippen molar-refractivity contribution >= 4 is 41.0 Å². The number of halogens is 2. The number of anilines is 1. The molecule has 0 atom stereocenters. The van der Waals surface area contributed by atoms with E-state index in [0.29, 0.717) is 15.9 Å². The summed E-state index contributed by atoms with van der Waals surface area (Å²) in [5.74, 6) is 0. The van der Waals surface area contributed by atoms with Crippen molar-refractivity contribution in [3.63, 3.8) is 0 Å². The Bertz CT molecular complexity index is 556. The van der Waals surface area contributed by atoms with Crippen LogP contribution in [0.1, 0.15) is 11.3 Å². The number of benzene rings is 1. The average molecular weight is 268 g/mol. The molecule has 5 heteroatoms. The number of rotatable bonds is 2. The zero-order chi connectivity index (χ0) is 12.4. The molecule has 0 saturated heterocycles. The van der Waals surface area contributed by atoms with E-state index in [1.807, 2.05) is 36.4 Å². The van der Waals surface area contributed by atoms with Gasteiger partial charge in [-0.1, -0.05) is 41.4 Å². The first-order valence-corrected chi connectivity index (χ1v) is 5.75. The van der Waals surface area contributed by atoms with Gasteiger partial charge in [0.15, 0.2) is 0 Å². The van der Waals surface area contributed by atoms with Gasteiger partial charge in [0.25, 0.3) is 0 Å². The summed E-state index contributed by atoms with van der Waals surface area (Å²) < 4.78 is 1.53. The summed E-state index contributed by atoms with van der Waals surface area (Å²) in [6.45, 7) is 0. The summed E-state index contributed by atoms with van der Waals surface area (Å²) in [5, 5.41) is 5.08. The molecule has 0 aliphatic carbocycles. The van der Waals surface area contributed by atoms with Gasteiger partial charge in [0.2, 0.25) is 0 Å². The summed E-state index contributed by atoms with van der Waals surface area (Å²) >= 11 is 11.9. The number of aromatic nitrogens is 2. The molecule has 1 aromatic carbocycles. The van der Waals surface area contributed by atoms with Crippen LogP contribution in [0.25, 0.3) is 12.2 Å². The first kappa shape index (κ1) is 12.0. The summed E-state index contributed by atoms with van der Waals surface area (Å²) in [6, 6.07) is 7.52. The van der Waals surface area contributed by atoms with Crippen molar-refractivity contribution in [3.05, 3.63) is 45.7 Å². The lowest BCUT2D eigenvalue weighted by atomic mass is 10.2. The molecule has 2 aromatic rings. The van der Waals surface area contributed by atoms with Gasteiger partial charge in [-0.05, 0) is 23.8 Å².